The molecule has 0 unspecified atom stereocenters. The fraction of sp³-hybridized carbons (Fsp3) is 0.194. The number of carbonyl (C=O) groups is 1. The molecule has 0 N–H and O–H groups in total. The van der Waals surface area contributed by atoms with Crippen molar-refractivity contribution in [2.45, 2.75) is 38.1 Å². The lowest BCUT2D eigenvalue weighted by Gasteiger charge is -2.51. The molecule has 0 spiro atoms. The third kappa shape index (κ3) is 3.56. The Morgan fingerprint density at radius 1 is 0.697 bits per heavy atom. The number of fused-ring (bicyclic) bond motifs is 1. The van der Waals surface area contributed by atoms with Crippen molar-refractivity contribution in [3.63, 3.8) is 0 Å². The van der Waals surface area contributed by atoms with Gasteiger partial charge in [-0.15, -0.1) is 0 Å². The lowest BCUT2D eigenvalue weighted by Crippen LogP contribution is -2.56. The summed E-state index contributed by atoms with van der Waals surface area (Å²) in [7, 11) is 0. The van der Waals surface area contributed by atoms with Crippen LogP contribution in [-0.2, 0) is 5.41 Å². The summed E-state index contributed by atoms with van der Waals surface area (Å²) in [5, 5.41) is 0. The molecule has 4 aromatic carbocycles. The zero-order chi connectivity index (χ0) is 23.1. The predicted octanol–water partition coefficient (Wildman–Crippen LogP) is 7.49. The van der Waals surface area contributed by atoms with Crippen molar-refractivity contribution in [2.24, 2.45) is 0 Å². The molecule has 0 fully saturated rings. The van der Waals surface area contributed by atoms with Crippen LogP contribution in [0, 0.1) is 0 Å². The monoisotopic (exact) mass is 431 g/mol. The van der Waals surface area contributed by atoms with Gasteiger partial charge in [-0.05, 0) is 54.7 Å². The Morgan fingerprint density at radius 3 is 2.00 bits per heavy atom. The van der Waals surface area contributed by atoms with E-state index in [-0.39, 0.29) is 16.9 Å². The van der Waals surface area contributed by atoms with Crippen LogP contribution < -0.4 is 4.90 Å². The number of carbonyl (C=O) groups excluding carboxylic acids is 1. The number of hydrogen-bond donors (Lipinski definition) is 0. The molecule has 1 heterocycles. The van der Waals surface area contributed by atoms with Crippen molar-refractivity contribution < 1.29 is 4.79 Å². The summed E-state index contributed by atoms with van der Waals surface area (Å²) in [5.74, 6) is 0.0435. The number of para-hydroxylation sites is 1. The maximum atomic E-state index is 14.2. The van der Waals surface area contributed by atoms with E-state index in [0.29, 0.717) is 0 Å². The second-order valence-electron chi connectivity index (χ2n) is 9.76. The first-order valence-electron chi connectivity index (χ1n) is 11.6. The van der Waals surface area contributed by atoms with E-state index in [2.05, 4.69) is 81.4 Å². The molecule has 1 aliphatic heterocycles. The minimum Gasteiger partial charge on any atom is -0.302 e. The Morgan fingerprint density at radius 2 is 1.27 bits per heavy atom. The average molecular weight is 432 g/mol. The Balaban J connectivity index is 1.67. The van der Waals surface area contributed by atoms with Crippen LogP contribution in [0.5, 0.6) is 0 Å². The van der Waals surface area contributed by atoms with Crippen LogP contribution in [0.25, 0.3) is 11.1 Å². The summed E-state index contributed by atoms with van der Waals surface area (Å²) in [6, 6.07) is 37.2. The van der Waals surface area contributed by atoms with Gasteiger partial charge in [0.1, 0.15) is 0 Å². The van der Waals surface area contributed by atoms with E-state index in [1.54, 1.807) is 0 Å². The van der Waals surface area contributed by atoms with E-state index in [1.807, 2.05) is 53.4 Å². The van der Waals surface area contributed by atoms with Crippen LogP contribution in [0.2, 0.25) is 0 Å². The maximum Gasteiger partial charge on any atom is 0.259 e. The largest absolute Gasteiger partial charge is 0.302 e. The summed E-state index contributed by atoms with van der Waals surface area (Å²) >= 11 is 0. The number of anilines is 1. The van der Waals surface area contributed by atoms with E-state index in [4.69, 9.17) is 0 Å². The minimum absolute atomic E-state index is 0.0435. The third-order valence-electron chi connectivity index (χ3n) is 6.99. The van der Waals surface area contributed by atoms with Gasteiger partial charge < -0.3 is 4.90 Å². The lowest BCUT2D eigenvalue weighted by molar-refractivity contribution is 0.0949. The fourth-order valence-electron chi connectivity index (χ4n) is 5.61. The van der Waals surface area contributed by atoms with E-state index < -0.39 is 0 Å². The zero-order valence-electron chi connectivity index (χ0n) is 19.5. The van der Waals surface area contributed by atoms with Crippen LogP contribution in [0.1, 0.15) is 48.7 Å². The molecule has 164 valence electrons. The second kappa shape index (κ2) is 8.04. The summed E-state index contributed by atoms with van der Waals surface area (Å²) < 4.78 is 0. The van der Waals surface area contributed by atoms with Gasteiger partial charge in [0.2, 0.25) is 0 Å². The second-order valence-corrected chi connectivity index (χ2v) is 9.76. The van der Waals surface area contributed by atoms with Gasteiger partial charge in [-0.2, -0.15) is 0 Å². The molecule has 1 atom stereocenters. The van der Waals surface area contributed by atoms with Gasteiger partial charge in [0.15, 0.2) is 0 Å². The SMILES string of the molecule is CC1(C)C[C@@](C)(c2ccccc2)c2ccccc2N1C(=O)c1ccccc1-c1ccccc1. The first-order valence-corrected chi connectivity index (χ1v) is 11.6. The first-order chi connectivity index (χ1) is 15.9. The molecule has 2 nitrogen and oxygen atoms in total. The summed E-state index contributed by atoms with van der Waals surface area (Å²) in [6.45, 7) is 6.68. The van der Waals surface area contributed by atoms with Gasteiger partial charge >= 0.3 is 0 Å². The van der Waals surface area contributed by atoms with Crippen molar-refractivity contribution in [3.8, 4) is 11.1 Å². The van der Waals surface area contributed by atoms with Gasteiger partial charge in [-0.1, -0.05) is 104 Å². The molecule has 0 radical (unpaired) electrons. The van der Waals surface area contributed by atoms with Gasteiger partial charge in [0, 0.05) is 22.2 Å². The predicted molar refractivity (Wildman–Crippen MR) is 137 cm³/mol. The molecule has 0 saturated heterocycles. The highest BCUT2D eigenvalue weighted by Crippen LogP contribution is 2.50. The minimum atomic E-state index is -0.375. The number of rotatable bonds is 3. The Hall–Kier alpha value is -3.65. The first kappa shape index (κ1) is 21.2. The molecule has 0 aromatic heterocycles. The van der Waals surface area contributed by atoms with Crippen molar-refractivity contribution >= 4 is 11.6 Å². The molecule has 5 rings (SSSR count). The van der Waals surface area contributed by atoms with Crippen LogP contribution in [0.4, 0.5) is 5.69 Å². The number of benzene rings is 4. The topological polar surface area (TPSA) is 20.3 Å². The number of hydrogen-bond acceptors (Lipinski definition) is 1. The molecule has 2 heteroatoms. The molecule has 33 heavy (non-hydrogen) atoms. The molecule has 1 aliphatic rings. The van der Waals surface area contributed by atoms with E-state index >= 15 is 0 Å². The molecule has 1 amide bonds. The van der Waals surface area contributed by atoms with E-state index in [9.17, 15) is 4.79 Å². The Labute approximate surface area is 196 Å². The summed E-state index contributed by atoms with van der Waals surface area (Å²) in [6.07, 6.45) is 0.834. The molecule has 4 aromatic rings. The third-order valence-corrected chi connectivity index (χ3v) is 6.99. The average Bonchev–Trinajstić information content (AvgIpc) is 2.84. The quantitative estimate of drug-likeness (QED) is 0.329. The van der Waals surface area contributed by atoms with Crippen LogP contribution >= 0.6 is 0 Å². The Bertz CT molecular complexity index is 1290. The normalized spacial score (nSPS) is 19.1. The van der Waals surface area contributed by atoms with Crippen LogP contribution in [0.15, 0.2) is 109 Å². The molecule has 0 aliphatic carbocycles. The van der Waals surface area contributed by atoms with Crippen molar-refractivity contribution in [2.75, 3.05) is 4.90 Å². The van der Waals surface area contributed by atoms with Crippen molar-refractivity contribution in [1.29, 1.82) is 0 Å². The highest BCUT2D eigenvalue weighted by atomic mass is 16.2. The maximum absolute atomic E-state index is 14.2. The van der Waals surface area contributed by atoms with Gasteiger partial charge in [-0.3, -0.25) is 4.79 Å². The van der Waals surface area contributed by atoms with Gasteiger partial charge in [0.25, 0.3) is 5.91 Å². The smallest absolute Gasteiger partial charge is 0.259 e. The fourth-order valence-corrected chi connectivity index (χ4v) is 5.61. The molecular weight excluding hydrogens is 402 g/mol. The van der Waals surface area contributed by atoms with Crippen molar-refractivity contribution in [1.82, 2.24) is 0 Å². The standard InChI is InChI=1S/C31H29NO/c1-30(2)22-31(3,24-16-8-5-9-17-24)27-20-12-13-21-28(27)32(30)29(33)26-19-11-10-18-25(26)23-14-6-4-7-15-23/h4-21H,22H2,1-3H3/t31-/m0/s1. The van der Waals surface area contributed by atoms with Gasteiger partial charge in [0.05, 0.1) is 0 Å². The number of amides is 1. The van der Waals surface area contributed by atoms with Gasteiger partial charge in [-0.25, -0.2) is 0 Å². The Kier molecular flexibility index (Phi) is 5.17. The zero-order valence-corrected chi connectivity index (χ0v) is 19.5. The lowest BCUT2D eigenvalue weighted by atomic mass is 9.65. The highest BCUT2D eigenvalue weighted by Gasteiger charge is 2.48. The highest BCUT2D eigenvalue weighted by molar-refractivity contribution is 6.11. The van der Waals surface area contributed by atoms with Crippen LogP contribution in [0.3, 0.4) is 0 Å². The number of nitrogens with zero attached hydrogens (tertiary/aromatic N) is 1. The molecule has 0 bridgehead atoms. The van der Waals surface area contributed by atoms with Crippen molar-refractivity contribution in [3.05, 3.63) is 126 Å². The summed E-state index contributed by atoms with van der Waals surface area (Å²) in [4.78, 5) is 16.3. The molecule has 0 saturated carbocycles. The summed E-state index contributed by atoms with van der Waals surface area (Å²) in [5.41, 5.74) is 5.66. The van der Waals surface area contributed by atoms with Crippen LogP contribution in [-0.4, -0.2) is 11.4 Å². The molecular formula is C31H29NO. The van der Waals surface area contributed by atoms with E-state index in [1.165, 1.54) is 11.1 Å². The van der Waals surface area contributed by atoms with E-state index in [0.717, 1.165) is 28.8 Å².